The van der Waals surface area contributed by atoms with Gasteiger partial charge in [-0.15, -0.1) is 0 Å². The van der Waals surface area contributed by atoms with Gasteiger partial charge in [0.2, 0.25) is 0 Å². The van der Waals surface area contributed by atoms with E-state index in [0.29, 0.717) is 6.54 Å². The largest absolute Gasteiger partial charge is 0.388 e. The van der Waals surface area contributed by atoms with Crippen LogP contribution in [-0.4, -0.2) is 33.8 Å². The van der Waals surface area contributed by atoms with Gasteiger partial charge in [-0.2, -0.15) is 0 Å². The molecule has 0 saturated carbocycles. The van der Waals surface area contributed by atoms with E-state index in [-0.39, 0.29) is 5.41 Å². The maximum Gasteiger partial charge on any atom is 0.150 e. The highest BCUT2D eigenvalue weighted by Crippen LogP contribution is 2.40. The predicted octanol–water partition coefficient (Wildman–Crippen LogP) is 1.38. The average Bonchev–Trinajstić information content (AvgIpc) is 2.36. The minimum absolute atomic E-state index is 0.128. The van der Waals surface area contributed by atoms with Crippen molar-refractivity contribution in [3.05, 3.63) is 18.1 Å². The maximum atomic E-state index is 10.4. The van der Waals surface area contributed by atoms with Crippen molar-refractivity contribution < 1.29 is 5.11 Å². The van der Waals surface area contributed by atoms with E-state index in [1.165, 1.54) is 0 Å². The van der Waals surface area contributed by atoms with Crippen LogP contribution < -0.4 is 4.90 Å². The Morgan fingerprint density at radius 2 is 1.81 bits per heavy atom. The van der Waals surface area contributed by atoms with Crippen molar-refractivity contribution in [2.75, 3.05) is 18.0 Å². The molecule has 0 unspecified atom stereocenters. The Balaban J connectivity index is 2.31. The summed E-state index contributed by atoms with van der Waals surface area (Å²) in [5.41, 5.74) is 0.101. The summed E-state index contributed by atoms with van der Waals surface area (Å²) in [6.45, 7) is 9.41. The first-order chi connectivity index (χ1) is 7.33. The number of aryl methyl sites for hydroxylation is 1. The number of aliphatic hydroxyl groups is 1. The van der Waals surface area contributed by atoms with E-state index in [2.05, 4.69) is 28.7 Å². The summed E-state index contributed by atoms with van der Waals surface area (Å²) >= 11 is 0. The second kappa shape index (κ2) is 3.42. The van der Waals surface area contributed by atoms with E-state index in [0.717, 1.165) is 18.1 Å². The molecule has 4 nitrogen and oxygen atoms in total. The summed E-state index contributed by atoms with van der Waals surface area (Å²) in [4.78, 5) is 10.7. The van der Waals surface area contributed by atoms with Crippen LogP contribution in [0.3, 0.4) is 0 Å². The molecule has 0 amide bonds. The molecule has 1 aromatic rings. The van der Waals surface area contributed by atoms with E-state index >= 15 is 0 Å². The number of nitrogens with zero attached hydrogens (tertiary/aromatic N) is 3. The van der Waals surface area contributed by atoms with Crippen molar-refractivity contribution in [3.63, 3.8) is 0 Å². The van der Waals surface area contributed by atoms with Crippen LogP contribution in [0, 0.1) is 12.3 Å². The molecule has 2 heterocycles. The Morgan fingerprint density at radius 1 is 1.19 bits per heavy atom. The van der Waals surface area contributed by atoms with Crippen LogP contribution in [0.4, 0.5) is 5.82 Å². The van der Waals surface area contributed by atoms with Crippen LogP contribution >= 0.6 is 0 Å². The third-order valence-corrected chi connectivity index (χ3v) is 3.70. The van der Waals surface area contributed by atoms with Crippen molar-refractivity contribution in [3.8, 4) is 0 Å². The number of anilines is 1. The van der Waals surface area contributed by atoms with Crippen LogP contribution in [0.2, 0.25) is 0 Å². The fraction of sp³-hybridized carbons (Fsp3) is 0.667. The molecule has 0 bridgehead atoms. The number of rotatable bonds is 1. The summed E-state index contributed by atoms with van der Waals surface area (Å²) in [6.07, 6.45) is 3.39. The monoisotopic (exact) mass is 221 g/mol. The molecular formula is C12H19N3O. The van der Waals surface area contributed by atoms with Gasteiger partial charge in [-0.3, -0.25) is 4.98 Å². The van der Waals surface area contributed by atoms with Crippen molar-refractivity contribution in [1.29, 1.82) is 0 Å². The molecule has 88 valence electrons. The summed E-state index contributed by atoms with van der Waals surface area (Å²) in [6, 6.07) is 0. The Hall–Kier alpha value is -1.16. The van der Waals surface area contributed by atoms with Crippen molar-refractivity contribution in [1.82, 2.24) is 9.97 Å². The molecule has 1 N–H and O–H groups in total. The zero-order chi connectivity index (χ0) is 12.0. The standard InChI is InChI=1S/C12H19N3O/c1-9-10(14-6-5-13-9)15-7-11(2,3)12(4,16)8-15/h5-6,16H,7-8H2,1-4H3/t12-/m1/s1. The average molecular weight is 221 g/mol. The molecule has 2 rings (SSSR count). The predicted molar refractivity (Wildman–Crippen MR) is 63.4 cm³/mol. The minimum atomic E-state index is -0.684. The second-order valence-corrected chi connectivity index (χ2v) is 5.48. The molecule has 0 radical (unpaired) electrons. The van der Waals surface area contributed by atoms with E-state index in [1.807, 2.05) is 13.8 Å². The lowest BCUT2D eigenvalue weighted by Gasteiger charge is -2.30. The molecule has 0 spiro atoms. The van der Waals surface area contributed by atoms with Gasteiger partial charge in [-0.05, 0) is 13.8 Å². The normalized spacial score (nSPS) is 28.4. The highest BCUT2D eigenvalue weighted by molar-refractivity contribution is 5.45. The molecule has 1 aliphatic heterocycles. The molecule has 0 aliphatic carbocycles. The Bertz CT molecular complexity index is 385. The van der Waals surface area contributed by atoms with Gasteiger partial charge >= 0.3 is 0 Å². The summed E-state index contributed by atoms with van der Waals surface area (Å²) in [7, 11) is 0. The van der Waals surface area contributed by atoms with Crippen LogP contribution in [0.25, 0.3) is 0 Å². The molecule has 0 aromatic carbocycles. The summed E-state index contributed by atoms with van der Waals surface area (Å²) in [5.74, 6) is 0.883. The zero-order valence-electron chi connectivity index (χ0n) is 10.4. The fourth-order valence-corrected chi connectivity index (χ4v) is 2.15. The summed E-state index contributed by atoms with van der Waals surface area (Å²) < 4.78 is 0. The van der Waals surface area contributed by atoms with Crippen molar-refractivity contribution in [2.24, 2.45) is 5.41 Å². The molecule has 1 atom stereocenters. The Kier molecular flexibility index (Phi) is 2.42. The number of aromatic nitrogens is 2. The first kappa shape index (κ1) is 11.3. The lowest BCUT2D eigenvalue weighted by Crippen LogP contribution is -2.40. The third-order valence-electron chi connectivity index (χ3n) is 3.70. The quantitative estimate of drug-likeness (QED) is 0.778. The molecule has 4 heteroatoms. The molecular weight excluding hydrogens is 202 g/mol. The number of hydrogen-bond acceptors (Lipinski definition) is 4. The van der Waals surface area contributed by atoms with Crippen molar-refractivity contribution in [2.45, 2.75) is 33.3 Å². The van der Waals surface area contributed by atoms with Gasteiger partial charge in [-0.1, -0.05) is 13.8 Å². The number of β-amino-alcohol motifs (C(OH)–C–C–N with tert-alkyl or cyclic N) is 1. The first-order valence-corrected chi connectivity index (χ1v) is 5.58. The Morgan fingerprint density at radius 3 is 2.31 bits per heavy atom. The molecule has 16 heavy (non-hydrogen) atoms. The van der Waals surface area contributed by atoms with Gasteiger partial charge in [0, 0.05) is 30.9 Å². The van der Waals surface area contributed by atoms with E-state index in [9.17, 15) is 5.11 Å². The van der Waals surface area contributed by atoms with Gasteiger partial charge in [0.1, 0.15) is 5.82 Å². The van der Waals surface area contributed by atoms with Gasteiger partial charge in [0.25, 0.3) is 0 Å². The lowest BCUT2D eigenvalue weighted by atomic mass is 9.79. The maximum absolute atomic E-state index is 10.4. The third kappa shape index (κ3) is 1.67. The van der Waals surface area contributed by atoms with Gasteiger partial charge in [-0.25, -0.2) is 4.98 Å². The molecule has 1 aliphatic rings. The minimum Gasteiger partial charge on any atom is -0.388 e. The summed E-state index contributed by atoms with van der Waals surface area (Å²) in [5, 5.41) is 10.4. The van der Waals surface area contributed by atoms with Crippen LogP contribution in [0.15, 0.2) is 12.4 Å². The lowest BCUT2D eigenvalue weighted by molar-refractivity contribution is -0.00891. The SMILES string of the molecule is Cc1nccnc1N1CC(C)(C)[C@](C)(O)C1. The molecule has 1 aromatic heterocycles. The van der Waals surface area contributed by atoms with Crippen LogP contribution in [0.1, 0.15) is 26.5 Å². The van der Waals surface area contributed by atoms with Gasteiger partial charge in [0.05, 0.1) is 11.3 Å². The van der Waals surface area contributed by atoms with Crippen molar-refractivity contribution >= 4 is 5.82 Å². The van der Waals surface area contributed by atoms with E-state index < -0.39 is 5.60 Å². The second-order valence-electron chi connectivity index (χ2n) is 5.48. The first-order valence-electron chi connectivity index (χ1n) is 5.58. The van der Waals surface area contributed by atoms with E-state index in [1.54, 1.807) is 12.4 Å². The highest BCUT2D eigenvalue weighted by Gasteiger charge is 2.48. The van der Waals surface area contributed by atoms with Crippen LogP contribution in [-0.2, 0) is 0 Å². The molecule has 1 fully saturated rings. The van der Waals surface area contributed by atoms with Crippen LogP contribution in [0.5, 0.6) is 0 Å². The van der Waals surface area contributed by atoms with Gasteiger partial charge < -0.3 is 10.0 Å². The zero-order valence-corrected chi connectivity index (χ0v) is 10.4. The Labute approximate surface area is 96.3 Å². The smallest absolute Gasteiger partial charge is 0.150 e. The fourth-order valence-electron chi connectivity index (χ4n) is 2.15. The molecule has 1 saturated heterocycles. The topological polar surface area (TPSA) is 49.2 Å². The van der Waals surface area contributed by atoms with Gasteiger partial charge in [0.15, 0.2) is 0 Å². The van der Waals surface area contributed by atoms with E-state index in [4.69, 9.17) is 0 Å². The number of hydrogen-bond donors (Lipinski definition) is 1. The highest BCUT2D eigenvalue weighted by atomic mass is 16.3.